The molecule has 1 amide bonds. The van der Waals surface area contributed by atoms with Gasteiger partial charge in [0, 0.05) is 12.1 Å². The van der Waals surface area contributed by atoms with Crippen LogP contribution in [0.4, 0.5) is 0 Å². The second-order valence-corrected chi connectivity index (χ2v) is 5.33. The molecule has 0 spiro atoms. The minimum atomic E-state index is -0.203. The SMILES string of the molecule is CCn1c(SCC(=O)NOC)nnc1-c1ccccc1C. The van der Waals surface area contributed by atoms with Crippen LogP contribution >= 0.6 is 11.8 Å². The van der Waals surface area contributed by atoms with Crippen LogP contribution in [0, 0.1) is 6.92 Å². The molecular formula is C14H18N4O2S. The number of aromatic nitrogens is 3. The average molecular weight is 306 g/mol. The Hall–Kier alpha value is -1.86. The van der Waals surface area contributed by atoms with Gasteiger partial charge in [0.2, 0.25) is 0 Å². The van der Waals surface area contributed by atoms with Gasteiger partial charge in [0.25, 0.3) is 5.91 Å². The number of carbonyl (C=O) groups is 1. The van der Waals surface area contributed by atoms with Gasteiger partial charge in [0.05, 0.1) is 12.9 Å². The molecule has 112 valence electrons. The molecule has 2 rings (SSSR count). The molecule has 0 aliphatic carbocycles. The number of nitrogens with one attached hydrogen (secondary N) is 1. The minimum Gasteiger partial charge on any atom is -0.302 e. The lowest BCUT2D eigenvalue weighted by Gasteiger charge is -2.09. The fraction of sp³-hybridized carbons (Fsp3) is 0.357. The second-order valence-electron chi connectivity index (χ2n) is 4.38. The summed E-state index contributed by atoms with van der Waals surface area (Å²) in [5, 5.41) is 9.19. The first-order valence-corrected chi connectivity index (χ1v) is 7.59. The lowest BCUT2D eigenvalue weighted by molar-refractivity contribution is -0.128. The number of aryl methyl sites for hydroxylation is 1. The summed E-state index contributed by atoms with van der Waals surface area (Å²) in [6.07, 6.45) is 0. The van der Waals surface area contributed by atoms with Crippen molar-refractivity contribution >= 4 is 17.7 Å². The summed E-state index contributed by atoms with van der Waals surface area (Å²) in [6, 6.07) is 8.05. The van der Waals surface area contributed by atoms with Crippen molar-refractivity contribution in [3.8, 4) is 11.4 Å². The lowest BCUT2D eigenvalue weighted by Crippen LogP contribution is -2.23. The maximum atomic E-state index is 11.4. The Morgan fingerprint density at radius 2 is 2.14 bits per heavy atom. The number of hydrogen-bond acceptors (Lipinski definition) is 5. The smallest absolute Gasteiger partial charge is 0.253 e. The number of hydroxylamine groups is 1. The normalized spacial score (nSPS) is 10.6. The van der Waals surface area contributed by atoms with Gasteiger partial charge in [0.1, 0.15) is 0 Å². The highest BCUT2D eigenvalue weighted by Gasteiger charge is 2.15. The van der Waals surface area contributed by atoms with E-state index in [2.05, 4.69) is 20.5 Å². The third-order valence-corrected chi connectivity index (χ3v) is 3.93. The molecule has 0 saturated carbocycles. The van der Waals surface area contributed by atoms with Crippen LogP contribution in [0.3, 0.4) is 0 Å². The molecule has 0 aliphatic heterocycles. The van der Waals surface area contributed by atoms with E-state index in [-0.39, 0.29) is 11.7 Å². The number of nitrogens with zero attached hydrogens (tertiary/aromatic N) is 3. The van der Waals surface area contributed by atoms with Gasteiger partial charge in [-0.15, -0.1) is 10.2 Å². The Balaban J connectivity index is 2.22. The van der Waals surface area contributed by atoms with Gasteiger partial charge in [-0.25, -0.2) is 5.48 Å². The predicted molar refractivity (Wildman–Crippen MR) is 81.7 cm³/mol. The van der Waals surface area contributed by atoms with E-state index in [1.807, 2.05) is 42.7 Å². The molecule has 0 unspecified atom stereocenters. The molecule has 0 saturated heterocycles. The summed E-state index contributed by atoms with van der Waals surface area (Å²) in [6.45, 7) is 4.82. The zero-order valence-electron chi connectivity index (χ0n) is 12.3. The topological polar surface area (TPSA) is 69.0 Å². The van der Waals surface area contributed by atoms with Crippen molar-refractivity contribution in [3.05, 3.63) is 29.8 Å². The largest absolute Gasteiger partial charge is 0.302 e. The van der Waals surface area contributed by atoms with Gasteiger partial charge in [-0.05, 0) is 19.4 Å². The van der Waals surface area contributed by atoms with Crippen molar-refractivity contribution < 1.29 is 9.63 Å². The Labute approximate surface area is 127 Å². The lowest BCUT2D eigenvalue weighted by atomic mass is 10.1. The molecule has 1 N–H and O–H groups in total. The average Bonchev–Trinajstić information content (AvgIpc) is 2.88. The van der Waals surface area contributed by atoms with Crippen molar-refractivity contribution in [1.82, 2.24) is 20.2 Å². The maximum Gasteiger partial charge on any atom is 0.253 e. The fourth-order valence-electron chi connectivity index (χ4n) is 1.98. The van der Waals surface area contributed by atoms with E-state index >= 15 is 0 Å². The standard InChI is InChI=1S/C14H18N4O2S/c1-4-18-13(11-8-6-5-7-10(11)2)15-16-14(18)21-9-12(19)17-20-3/h5-8H,4,9H2,1-3H3,(H,17,19). The number of rotatable bonds is 6. The van der Waals surface area contributed by atoms with Gasteiger partial charge in [-0.3, -0.25) is 9.63 Å². The molecule has 1 heterocycles. The molecule has 2 aromatic rings. The molecule has 0 radical (unpaired) electrons. The van der Waals surface area contributed by atoms with Crippen LogP contribution < -0.4 is 5.48 Å². The zero-order chi connectivity index (χ0) is 15.2. The van der Waals surface area contributed by atoms with Crippen molar-refractivity contribution in [2.75, 3.05) is 12.9 Å². The Kier molecular flexibility index (Phi) is 5.35. The summed E-state index contributed by atoms with van der Waals surface area (Å²) in [4.78, 5) is 16.0. The predicted octanol–water partition coefficient (Wildman–Crippen LogP) is 2.04. The van der Waals surface area contributed by atoms with E-state index in [1.165, 1.54) is 18.9 Å². The monoisotopic (exact) mass is 306 g/mol. The number of carbonyl (C=O) groups excluding carboxylic acids is 1. The van der Waals surface area contributed by atoms with Crippen molar-refractivity contribution in [3.63, 3.8) is 0 Å². The van der Waals surface area contributed by atoms with E-state index in [9.17, 15) is 4.79 Å². The minimum absolute atomic E-state index is 0.203. The van der Waals surface area contributed by atoms with Gasteiger partial charge in [-0.1, -0.05) is 36.0 Å². The Morgan fingerprint density at radius 3 is 2.81 bits per heavy atom. The van der Waals surface area contributed by atoms with E-state index in [0.717, 1.165) is 28.7 Å². The van der Waals surface area contributed by atoms with Crippen LogP contribution in [-0.2, 0) is 16.2 Å². The van der Waals surface area contributed by atoms with Gasteiger partial charge in [-0.2, -0.15) is 0 Å². The highest BCUT2D eigenvalue weighted by Crippen LogP contribution is 2.25. The zero-order valence-corrected chi connectivity index (χ0v) is 13.1. The van der Waals surface area contributed by atoms with Crippen LogP contribution in [0.2, 0.25) is 0 Å². The third kappa shape index (κ3) is 3.62. The second kappa shape index (κ2) is 7.24. The van der Waals surface area contributed by atoms with Crippen LogP contribution in [0.5, 0.6) is 0 Å². The first-order valence-electron chi connectivity index (χ1n) is 6.61. The molecule has 21 heavy (non-hydrogen) atoms. The molecule has 1 aromatic carbocycles. The summed E-state index contributed by atoms with van der Waals surface area (Å²) in [5.74, 6) is 0.857. The highest BCUT2D eigenvalue weighted by molar-refractivity contribution is 7.99. The van der Waals surface area contributed by atoms with E-state index in [1.54, 1.807) is 0 Å². The van der Waals surface area contributed by atoms with Crippen LogP contribution in [0.25, 0.3) is 11.4 Å². The maximum absolute atomic E-state index is 11.4. The van der Waals surface area contributed by atoms with E-state index < -0.39 is 0 Å². The molecule has 0 fully saturated rings. The molecule has 1 aromatic heterocycles. The van der Waals surface area contributed by atoms with E-state index in [4.69, 9.17) is 0 Å². The highest BCUT2D eigenvalue weighted by atomic mass is 32.2. The van der Waals surface area contributed by atoms with Crippen molar-refractivity contribution in [2.24, 2.45) is 0 Å². The summed E-state index contributed by atoms with van der Waals surface area (Å²) < 4.78 is 2.01. The summed E-state index contributed by atoms with van der Waals surface area (Å²) >= 11 is 1.34. The van der Waals surface area contributed by atoms with Gasteiger partial charge < -0.3 is 4.57 Å². The van der Waals surface area contributed by atoms with Gasteiger partial charge >= 0.3 is 0 Å². The molecule has 7 heteroatoms. The number of hydrogen-bond donors (Lipinski definition) is 1. The van der Waals surface area contributed by atoms with Crippen LogP contribution in [-0.4, -0.2) is 33.5 Å². The molecular weight excluding hydrogens is 288 g/mol. The van der Waals surface area contributed by atoms with E-state index in [0.29, 0.717) is 0 Å². The number of benzene rings is 1. The third-order valence-electron chi connectivity index (χ3n) is 2.97. The van der Waals surface area contributed by atoms with Crippen LogP contribution in [0.15, 0.2) is 29.4 Å². The van der Waals surface area contributed by atoms with Gasteiger partial charge in [0.15, 0.2) is 11.0 Å². The molecule has 0 aliphatic rings. The first kappa shape index (κ1) is 15.5. The summed E-state index contributed by atoms with van der Waals surface area (Å²) in [7, 11) is 1.41. The summed E-state index contributed by atoms with van der Waals surface area (Å²) in [5.41, 5.74) is 4.49. The molecule has 6 nitrogen and oxygen atoms in total. The quantitative estimate of drug-likeness (QED) is 0.653. The molecule has 0 bridgehead atoms. The first-order chi connectivity index (χ1) is 10.2. The Bertz CT molecular complexity index is 627. The molecule has 0 atom stereocenters. The fourth-order valence-corrected chi connectivity index (χ4v) is 2.77. The number of amides is 1. The Morgan fingerprint density at radius 1 is 1.38 bits per heavy atom. The van der Waals surface area contributed by atoms with Crippen molar-refractivity contribution in [1.29, 1.82) is 0 Å². The number of thioether (sulfide) groups is 1. The van der Waals surface area contributed by atoms with Crippen molar-refractivity contribution in [2.45, 2.75) is 25.5 Å². The van der Waals surface area contributed by atoms with Crippen LogP contribution in [0.1, 0.15) is 12.5 Å².